The van der Waals surface area contributed by atoms with Gasteiger partial charge in [0.05, 0.1) is 30.0 Å². The fraction of sp³-hybridized carbons (Fsp3) is 0.208. The number of ether oxygens (including phenoxy) is 2. The van der Waals surface area contributed by atoms with Crippen molar-refractivity contribution >= 4 is 17.6 Å². The molecular formula is C24H25N3O4. The van der Waals surface area contributed by atoms with E-state index in [0.29, 0.717) is 18.9 Å². The molecule has 7 heteroatoms. The van der Waals surface area contributed by atoms with Crippen molar-refractivity contribution in [3.05, 3.63) is 93.5 Å². The van der Waals surface area contributed by atoms with Crippen LogP contribution in [0.1, 0.15) is 23.1 Å². The lowest BCUT2D eigenvalue weighted by Gasteiger charge is -2.10. The van der Waals surface area contributed by atoms with Crippen molar-refractivity contribution < 1.29 is 14.4 Å². The van der Waals surface area contributed by atoms with Crippen LogP contribution >= 0.6 is 0 Å². The highest BCUT2D eigenvalue weighted by Crippen LogP contribution is 2.19. The second-order valence-corrected chi connectivity index (χ2v) is 7.06. The van der Waals surface area contributed by atoms with Crippen LogP contribution in [0.2, 0.25) is 0 Å². The van der Waals surface area contributed by atoms with Crippen molar-refractivity contribution in [1.29, 1.82) is 0 Å². The molecule has 0 heterocycles. The number of nitrogens with one attached hydrogen (secondary N) is 1. The molecule has 0 bridgehead atoms. The van der Waals surface area contributed by atoms with Crippen molar-refractivity contribution in [3.63, 3.8) is 0 Å². The van der Waals surface area contributed by atoms with Gasteiger partial charge in [-0.15, -0.1) is 0 Å². The molecule has 0 spiro atoms. The molecule has 3 aromatic carbocycles. The first kappa shape index (κ1) is 21.8. The maximum atomic E-state index is 10.7. The molecule has 31 heavy (non-hydrogen) atoms. The number of hydrogen-bond donors (Lipinski definition) is 1. The van der Waals surface area contributed by atoms with Crippen LogP contribution in [0.3, 0.4) is 0 Å². The van der Waals surface area contributed by atoms with E-state index in [9.17, 15) is 10.1 Å². The van der Waals surface area contributed by atoms with E-state index >= 15 is 0 Å². The van der Waals surface area contributed by atoms with Crippen LogP contribution in [0.15, 0.2) is 71.8 Å². The van der Waals surface area contributed by atoms with Crippen LogP contribution in [0, 0.1) is 24.0 Å². The van der Waals surface area contributed by atoms with E-state index in [-0.39, 0.29) is 5.69 Å². The molecule has 0 aromatic heterocycles. The summed E-state index contributed by atoms with van der Waals surface area (Å²) in [6.45, 7) is 5.26. The largest absolute Gasteiger partial charge is 0.493 e. The normalized spacial score (nSPS) is 10.8. The van der Waals surface area contributed by atoms with Crippen LogP contribution in [0.4, 0.5) is 11.4 Å². The van der Waals surface area contributed by atoms with Gasteiger partial charge >= 0.3 is 0 Å². The highest BCUT2D eigenvalue weighted by atomic mass is 16.6. The average Bonchev–Trinajstić information content (AvgIpc) is 2.77. The number of benzene rings is 3. The monoisotopic (exact) mass is 419 g/mol. The summed E-state index contributed by atoms with van der Waals surface area (Å²) in [7, 11) is 0. The molecule has 0 aliphatic carbocycles. The minimum Gasteiger partial charge on any atom is -0.493 e. The number of anilines is 1. The first-order valence-corrected chi connectivity index (χ1v) is 9.98. The van der Waals surface area contributed by atoms with Gasteiger partial charge in [0.25, 0.3) is 5.69 Å². The van der Waals surface area contributed by atoms with Crippen molar-refractivity contribution in [2.45, 2.75) is 20.3 Å². The van der Waals surface area contributed by atoms with Gasteiger partial charge in [-0.25, -0.2) is 0 Å². The number of aryl methyl sites for hydroxylation is 2. The van der Waals surface area contributed by atoms with Crippen LogP contribution in [0.25, 0.3) is 0 Å². The Kier molecular flexibility index (Phi) is 7.59. The van der Waals surface area contributed by atoms with Gasteiger partial charge in [-0.1, -0.05) is 12.1 Å². The molecule has 0 amide bonds. The summed E-state index contributed by atoms with van der Waals surface area (Å²) in [6, 6.07) is 19.8. The first-order chi connectivity index (χ1) is 15.0. The lowest BCUT2D eigenvalue weighted by atomic mass is 10.1. The summed E-state index contributed by atoms with van der Waals surface area (Å²) in [4.78, 5) is 10.2. The van der Waals surface area contributed by atoms with E-state index in [4.69, 9.17) is 9.47 Å². The van der Waals surface area contributed by atoms with Gasteiger partial charge < -0.3 is 9.47 Å². The minimum absolute atomic E-state index is 0.0435. The van der Waals surface area contributed by atoms with E-state index in [1.165, 1.54) is 17.7 Å². The Morgan fingerprint density at radius 1 is 0.968 bits per heavy atom. The summed E-state index contributed by atoms with van der Waals surface area (Å²) >= 11 is 0. The Bertz CT molecular complexity index is 1030. The molecule has 160 valence electrons. The Morgan fingerprint density at radius 3 is 2.39 bits per heavy atom. The smallest absolute Gasteiger partial charge is 0.269 e. The third kappa shape index (κ3) is 6.85. The molecule has 7 nitrogen and oxygen atoms in total. The molecule has 0 radical (unpaired) electrons. The third-order valence-electron chi connectivity index (χ3n) is 4.52. The Hall–Kier alpha value is -3.87. The molecule has 0 saturated heterocycles. The zero-order chi connectivity index (χ0) is 22.1. The van der Waals surface area contributed by atoms with Crippen molar-refractivity contribution in [1.82, 2.24) is 0 Å². The van der Waals surface area contributed by atoms with E-state index in [2.05, 4.69) is 29.6 Å². The number of non-ortho nitro benzene ring substituents is 1. The van der Waals surface area contributed by atoms with E-state index in [1.54, 1.807) is 18.3 Å². The third-order valence-corrected chi connectivity index (χ3v) is 4.52. The van der Waals surface area contributed by atoms with Crippen LogP contribution < -0.4 is 14.9 Å². The average molecular weight is 419 g/mol. The lowest BCUT2D eigenvalue weighted by Crippen LogP contribution is -2.05. The number of nitro benzene ring substituents is 1. The predicted octanol–water partition coefficient (Wildman–Crippen LogP) is 5.51. The number of nitrogens with zero attached hydrogens (tertiary/aromatic N) is 2. The highest BCUT2D eigenvalue weighted by molar-refractivity contribution is 5.80. The minimum atomic E-state index is -0.436. The van der Waals surface area contributed by atoms with E-state index in [1.807, 2.05) is 37.3 Å². The summed E-state index contributed by atoms with van der Waals surface area (Å²) in [5.41, 5.74) is 6.78. The molecular weight excluding hydrogens is 394 g/mol. The molecule has 1 N–H and O–H groups in total. The number of hydrazone groups is 1. The topological polar surface area (TPSA) is 86.0 Å². The van der Waals surface area contributed by atoms with Gasteiger partial charge in [0, 0.05) is 18.6 Å². The zero-order valence-corrected chi connectivity index (χ0v) is 17.6. The van der Waals surface area contributed by atoms with Gasteiger partial charge in [-0.05, 0) is 73.0 Å². The standard InChI is InChI=1S/C24H25N3O4/c1-18-4-5-19(2)24(16-18)31-15-3-14-30-23-12-6-20(7-13-23)17-25-26-21-8-10-22(11-9-21)27(28)29/h4-13,16-17,26H,3,14-15H2,1-2H3/b25-17+. The van der Waals surface area contributed by atoms with Crippen LogP contribution in [-0.4, -0.2) is 24.4 Å². The number of rotatable bonds is 10. The van der Waals surface area contributed by atoms with Gasteiger partial charge in [0.15, 0.2) is 0 Å². The molecule has 3 rings (SSSR count). The summed E-state index contributed by atoms with van der Waals surface area (Å²) < 4.78 is 11.6. The molecule has 3 aromatic rings. The second kappa shape index (κ2) is 10.8. The maximum absolute atomic E-state index is 10.7. The molecule has 0 aliphatic rings. The fourth-order valence-electron chi connectivity index (χ4n) is 2.78. The summed E-state index contributed by atoms with van der Waals surface area (Å²) in [6.07, 6.45) is 2.46. The molecule has 0 unspecified atom stereocenters. The predicted molar refractivity (Wildman–Crippen MR) is 122 cm³/mol. The molecule has 0 saturated carbocycles. The molecule has 0 fully saturated rings. The summed E-state index contributed by atoms with van der Waals surface area (Å²) in [5.74, 6) is 1.71. The second-order valence-electron chi connectivity index (χ2n) is 7.06. The van der Waals surface area contributed by atoms with Crippen LogP contribution in [-0.2, 0) is 0 Å². The summed E-state index contributed by atoms with van der Waals surface area (Å²) in [5, 5.41) is 14.8. The number of hydrogen-bond acceptors (Lipinski definition) is 6. The van der Waals surface area contributed by atoms with Crippen molar-refractivity contribution in [2.24, 2.45) is 5.10 Å². The Balaban J connectivity index is 1.39. The van der Waals surface area contributed by atoms with Gasteiger partial charge in [0.2, 0.25) is 0 Å². The Morgan fingerprint density at radius 2 is 1.68 bits per heavy atom. The quantitative estimate of drug-likeness (QED) is 0.203. The van der Waals surface area contributed by atoms with Gasteiger partial charge in [0.1, 0.15) is 11.5 Å². The zero-order valence-electron chi connectivity index (χ0n) is 17.6. The van der Waals surface area contributed by atoms with Gasteiger partial charge in [-0.3, -0.25) is 15.5 Å². The maximum Gasteiger partial charge on any atom is 0.269 e. The first-order valence-electron chi connectivity index (χ1n) is 9.98. The Labute approximate surface area is 181 Å². The lowest BCUT2D eigenvalue weighted by molar-refractivity contribution is -0.384. The number of nitro groups is 1. The SMILES string of the molecule is Cc1ccc(C)c(OCCCOc2ccc(/C=N/Nc3ccc([N+](=O)[O-])cc3)cc2)c1. The molecule has 0 aliphatic heterocycles. The molecule has 0 atom stereocenters. The highest BCUT2D eigenvalue weighted by Gasteiger charge is 2.03. The van der Waals surface area contributed by atoms with E-state index in [0.717, 1.165) is 29.0 Å². The van der Waals surface area contributed by atoms with E-state index < -0.39 is 4.92 Å². The van der Waals surface area contributed by atoms with Crippen molar-refractivity contribution in [2.75, 3.05) is 18.6 Å². The van der Waals surface area contributed by atoms with Gasteiger partial charge in [-0.2, -0.15) is 5.10 Å². The fourth-order valence-corrected chi connectivity index (χ4v) is 2.78. The van der Waals surface area contributed by atoms with Crippen molar-refractivity contribution in [3.8, 4) is 11.5 Å². The van der Waals surface area contributed by atoms with Crippen LogP contribution in [0.5, 0.6) is 11.5 Å².